The molecule has 0 amide bonds. The third-order valence-electron chi connectivity index (χ3n) is 2.25. The van der Waals surface area contributed by atoms with Gasteiger partial charge in [0.15, 0.2) is 0 Å². The van der Waals surface area contributed by atoms with Gasteiger partial charge in [-0.15, -0.1) is 0 Å². The molecule has 1 N–H and O–H groups in total. The fraction of sp³-hybridized carbons (Fsp3) is 0.273. The van der Waals surface area contributed by atoms with Crippen molar-refractivity contribution in [2.75, 3.05) is 0 Å². The summed E-state index contributed by atoms with van der Waals surface area (Å²) >= 11 is 5.79. The molecule has 0 aromatic heterocycles. The van der Waals surface area contributed by atoms with Crippen LogP contribution in [0.4, 0.5) is 5.69 Å². The summed E-state index contributed by atoms with van der Waals surface area (Å²) < 4.78 is 31.0. The van der Waals surface area contributed by atoms with Gasteiger partial charge in [-0.2, -0.15) is 8.42 Å². The Labute approximate surface area is 164 Å². The Morgan fingerprint density at radius 2 is 2.00 bits per heavy atom. The van der Waals surface area contributed by atoms with Crippen molar-refractivity contribution >= 4 is 39.1 Å². The van der Waals surface area contributed by atoms with Crippen LogP contribution in [0.25, 0.3) is 0 Å². The SMILES string of the molecule is CC(=O)CC([O-])=Nc1ccc(S(=O)(=O)O)c(Cl)c1C.[K+]. The quantitative estimate of drug-likeness (QED) is 0.302. The zero-order valence-electron chi connectivity index (χ0n) is 11.2. The molecule has 1 aromatic carbocycles. The zero-order valence-corrected chi connectivity index (χ0v) is 15.9. The van der Waals surface area contributed by atoms with E-state index in [0.717, 1.165) is 6.07 Å². The predicted octanol–water partition coefficient (Wildman–Crippen LogP) is -1.73. The van der Waals surface area contributed by atoms with E-state index >= 15 is 0 Å². The van der Waals surface area contributed by atoms with Crippen LogP contribution in [-0.4, -0.2) is 24.7 Å². The van der Waals surface area contributed by atoms with Gasteiger partial charge in [0.25, 0.3) is 10.1 Å². The molecule has 0 aliphatic rings. The average Bonchev–Trinajstić information content (AvgIpc) is 2.21. The summed E-state index contributed by atoms with van der Waals surface area (Å²) in [4.78, 5) is 14.0. The molecule has 20 heavy (non-hydrogen) atoms. The van der Waals surface area contributed by atoms with E-state index < -0.39 is 20.9 Å². The molecule has 1 rings (SSSR count). The molecule has 0 radical (unpaired) electrons. The van der Waals surface area contributed by atoms with Gasteiger partial charge in [0.1, 0.15) is 10.7 Å². The van der Waals surface area contributed by atoms with Crippen LogP contribution < -0.4 is 56.5 Å². The Balaban J connectivity index is 0.00000361. The van der Waals surface area contributed by atoms with E-state index in [2.05, 4.69) is 4.99 Å². The monoisotopic (exact) mass is 343 g/mol. The van der Waals surface area contributed by atoms with Gasteiger partial charge in [-0.1, -0.05) is 11.6 Å². The number of carbonyl (C=O) groups is 1. The molecule has 0 saturated carbocycles. The van der Waals surface area contributed by atoms with E-state index in [-0.39, 0.29) is 79.9 Å². The number of Topliss-reactive ketones (excluding diaryl/α,β-unsaturated/α-hetero) is 1. The van der Waals surface area contributed by atoms with Crippen molar-refractivity contribution in [3.05, 3.63) is 22.7 Å². The molecule has 0 bridgehead atoms. The van der Waals surface area contributed by atoms with Crippen LogP contribution in [-0.2, 0) is 14.9 Å². The van der Waals surface area contributed by atoms with Crippen molar-refractivity contribution in [1.82, 2.24) is 0 Å². The van der Waals surface area contributed by atoms with E-state index in [0.29, 0.717) is 0 Å². The standard InChI is InChI=1S/C11H12ClNO5S.K/c1-6(14)5-10(15)13-8-3-4-9(19(16,17)18)11(12)7(8)2;/h3-4H,5H2,1-2H3,(H,13,15)(H,16,17,18);/q;+1/p-1. The van der Waals surface area contributed by atoms with Gasteiger partial charge in [0.05, 0.1) is 10.7 Å². The summed E-state index contributed by atoms with van der Waals surface area (Å²) in [5.41, 5.74) is 0.386. The maximum Gasteiger partial charge on any atom is 1.00 e. The Kier molecular flexibility index (Phi) is 8.07. The number of nitrogens with zero attached hydrogens (tertiary/aromatic N) is 1. The third-order valence-corrected chi connectivity index (χ3v) is 3.74. The minimum absolute atomic E-state index is 0. The topological polar surface area (TPSA) is 107 Å². The fourth-order valence-electron chi connectivity index (χ4n) is 1.36. The third kappa shape index (κ3) is 5.53. The van der Waals surface area contributed by atoms with Gasteiger partial charge in [-0.3, -0.25) is 14.3 Å². The fourth-order valence-corrected chi connectivity index (χ4v) is 2.43. The van der Waals surface area contributed by atoms with Crippen molar-refractivity contribution in [3.63, 3.8) is 0 Å². The second-order valence-corrected chi connectivity index (χ2v) is 5.65. The largest absolute Gasteiger partial charge is 1.00 e. The molecule has 104 valence electrons. The summed E-state index contributed by atoms with van der Waals surface area (Å²) in [5.74, 6) is -0.974. The van der Waals surface area contributed by atoms with Crippen LogP contribution in [0.5, 0.6) is 0 Å². The number of benzene rings is 1. The van der Waals surface area contributed by atoms with E-state index in [1.807, 2.05) is 0 Å². The van der Waals surface area contributed by atoms with E-state index in [4.69, 9.17) is 16.2 Å². The molecule has 0 atom stereocenters. The first kappa shape index (κ1) is 20.2. The van der Waals surface area contributed by atoms with Crippen LogP contribution in [0, 0.1) is 6.92 Å². The molecule has 0 aliphatic heterocycles. The maximum absolute atomic E-state index is 11.4. The van der Waals surface area contributed by atoms with Crippen LogP contribution in [0.15, 0.2) is 22.0 Å². The van der Waals surface area contributed by atoms with Crippen molar-refractivity contribution in [2.24, 2.45) is 4.99 Å². The first-order chi connectivity index (χ1) is 8.62. The molecular formula is C11H11ClKNO5S. The minimum atomic E-state index is -4.43. The van der Waals surface area contributed by atoms with Gasteiger partial charge >= 0.3 is 51.4 Å². The van der Waals surface area contributed by atoms with Crippen LogP contribution in [0.3, 0.4) is 0 Å². The average molecular weight is 344 g/mol. The molecule has 6 nitrogen and oxygen atoms in total. The first-order valence-electron chi connectivity index (χ1n) is 5.13. The predicted molar refractivity (Wildman–Crippen MR) is 68.4 cm³/mol. The Hall–Kier alpha value is 0.196. The van der Waals surface area contributed by atoms with Gasteiger partial charge in [0.2, 0.25) is 0 Å². The molecule has 9 heteroatoms. The summed E-state index contributed by atoms with van der Waals surface area (Å²) in [7, 11) is -4.43. The number of aliphatic imine (C=N–C) groups is 1. The molecule has 0 aliphatic carbocycles. The smallest absolute Gasteiger partial charge is 0.861 e. The molecule has 0 unspecified atom stereocenters. The van der Waals surface area contributed by atoms with Crippen molar-refractivity contribution < 1.29 is 74.3 Å². The van der Waals surface area contributed by atoms with Crippen molar-refractivity contribution in [2.45, 2.75) is 25.2 Å². The summed E-state index contributed by atoms with van der Waals surface area (Å²) in [5, 5.41) is 11.2. The summed E-state index contributed by atoms with van der Waals surface area (Å²) in [6.07, 6.45) is -0.336. The summed E-state index contributed by atoms with van der Waals surface area (Å²) in [6.45, 7) is 2.71. The normalized spacial score (nSPS) is 11.9. The number of ketones is 1. The number of rotatable bonds is 4. The van der Waals surface area contributed by atoms with Crippen molar-refractivity contribution in [3.8, 4) is 0 Å². The Morgan fingerprint density at radius 1 is 1.45 bits per heavy atom. The Bertz CT molecular complexity index is 657. The van der Waals surface area contributed by atoms with Crippen LogP contribution >= 0.6 is 11.6 Å². The van der Waals surface area contributed by atoms with Gasteiger partial charge in [-0.05, 0) is 37.4 Å². The van der Waals surface area contributed by atoms with Crippen molar-refractivity contribution in [1.29, 1.82) is 0 Å². The second kappa shape index (κ2) is 7.99. The number of hydrogen-bond acceptors (Lipinski definition) is 5. The molecular weight excluding hydrogens is 333 g/mol. The zero-order chi connectivity index (χ0) is 14.8. The molecule has 0 spiro atoms. The van der Waals surface area contributed by atoms with E-state index in [1.54, 1.807) is 0 Å². The second-order valence-electron chi connectivity index (χ2n) is 3.88. The van der Waals surface area contributed by atoms with Crippen LogP contribution in [0.1, 0.15) is 18.9 Å². The summed E-state index contributed by atoms with van der Waals surface area (Å²) in [6, 6.07) is 2.28. The minimum Gasteiger partial charge on any atom is -0.861 e. The maximum atomic E-state index is 11.4. The van der Waals surface area contributed by atoms with E-state index in [1.165, 1.54) is 19.9 Å². The van der Waals surface area contributed by atoms with Crippen LogP contribution in [0.2, 0.25) is 5.02 Å². The van der Waals surface area contributed by atoms with Gasteiger partial charge in [0, 0.05) is 6.42 Å². The molecule has 1 aromatic rings. The van der Waals surface area contributed by atoms with E-state index in [9.17, 15) is 18.3 Å². The number of hydrogen-bond donors (Lipinski definition) is 1. The van der Waals surface area contributed by atoms with Gasteiger partial charge in [-0.25, -0.2) is 0 Å². The molecule has 0 saturated heterocycles. The molecule has 0 heterocycles. The molecule has 0 fully saturated rings. The Morgan fingerprint density at radius 3 is 2.45 bits per heavy atom. The number of carbonyl (C=O) groups excluding carboxylic acids is 1. The van der Waals surface area contributed by atoms with Gasteiger partial charge < -0.3 is 5.11 Å². The first-order valence-corrected chi connectivity index (χ1v) is 6.95. The number of halogens is 1.